The number of likely N-dealkylation sites (N-methyl/N-ethyl adjacent to an activating group) is 1. The van der Waals surface area contributed by atoms with E-state index < -0.39 is 24.8 Å². The van der Waals surface area contributed by atoms with Gasteiger partial charge in [0.1, 0.15) is 12.2 Å². The first-order valence-electron chi connectivity index (χ1n) is 4.82. The zero-order valence-electron chi connectivity index (χ0n) is 9.14. The van der Waals surface area contributed by atoms with E-state index in [1.165, 1.54) is 29.9 Å². The van der Waals surface area contributed by atoms with Crippen molar-refractivity contribution >= 4 is 11.9 Å². The molecule has 7 heteroatoms. The Morgan fingerprint density at radius 3 is 2.71 bits per heavy atom. The van der Waals surface area contributed by atoms with Gasteiger partial charge in [0.25, 0.3) is 6.43 Å². The summed E-state index contributed by atoms with van der Waals surface area (Å²) in [7, 11) is 1.25. The van der Waals surface area contributed by atoms with Crippen molar-refractivity contribution in [3.8, 4) is 0 Å². The van der Waals surface area contributed by atoms with Crippen LogP contribution >= 0.6 is 0 Å². The molecule has 0 unspecified atom stereocenters. The minimum atomic E-state index is -2.60. The lowest BCUT2D eigenvalue weighted by Gasteiger charge is -2.17. The molecular weight excluding hydrogens is 234 g/mol. The van der Waals surface area contributed by atoms with E-state index in [0.29, 0.717) is 0 Å². The Balaban J connectivity index is 2.68. The van der Waals surface area contributed by atoms with Crippen LogP contribution in [0.4, 0.5) is 8.78 Å². The van der Waals surface area contributed by atoms with Gasteiger partial charge in [0.15, 0.2) is 0 Å². The number of carboxylic acid groups (broad SMARTS) is 1. The van der Waals surface area contributed by atoms with Gasteiger partial charge in [-0.25, -0.2) is 13.6 Å². The van der Waals surface area contributed by atoms with E-state index in [4.69, 9.17) is 5.11 Å². The Kier molecular flexibility index (Phi) is 4.19. The fourth-order valence-electron chi connectivity index (χ4n) is 1.32. The largest absolute Gasteiger partial charge is 0.477 e. The molecule has 1 amide bonds. The van der Waals surface area contributed by atoms with Crippen molar-refractivity contribution in [3.05, 3.63) is 24.0 Å². The Morgan fingerprint density at radius 1 is 1.53 bits per heavy atom. The average Bonchev–Trinajstić information content (AvgIpc) is 2.64. The number of aromatic carboxylic acids is 1. The quantitative estimate of drug-likeness (QED) is 0.840. The van der Waals surface area contributed by atoms with Crippen molar-refractivity contribution in [1.29, 1.82) is 0 Å². The van der Waals surface area contributed by atoms with Crippen molar-refractivity contribution in [2.24, 2.45) is 0 Å². The molecule has 0 radical (unpaired) electrons. The number of alkyl halides is 2. The number of nitrogens with zero attached hydrogens (tertiary/aromatic N) is 2. The number of aromatic nitrogens is 1. The number of carboxylic acids is 1. The van der Waals surface area contributed by atoms with Crippen molar-refractivity contribution in [2.75, 3.05) is 13.6 Å². The van der Waals surface area contributed by atoms with Crippen LogP contribution in [0, 0.1) is 0 Å². The maximum atomic E-state index is 12.0. The standard InChI is InChI=1S/C10H12F2N2O3/c1-13(5-8(11)12)9(15)6-14-4-2-3-7(14)10(16)17/h2-4,8H,5-6H2,1H3,(H,16,17). The average molecular weight is 246 g/mol. The molecule has 1 N–H and O–H groups in total. The van der Waals surface area contributed by atoms with Gasteiger partial charge in [0, 0.05) is 13.2 Å². The Hall–Kier alpha value is -1.92. The second-order valence-corrected chi connectivity index (χ2v) is 3.49. The van der Waals surface area contributed by atoms with Gasteiger partial charge in [0.05, 0.1) is 6.54 Å². The topological polar surface area (TPSA) is 62.5 Å². The SMILES string of the molecule is CN(CC(F)F)C(=O)Cn1cccc1C(=O)O. The molecule has 94 valence electrons. The fraction of sp³-hybridized carbons (Fsp3) is 0.400. The number of carbonyl (C=O) groups excluding carboxylic acids is 1. The smallest absolute Gasteiger partial charge is 0.352 e. The van der Waals surface area contributed by atoms with Crippen molar-refractivity contribution in [2.45, 2.75) is 13.0 Å². The summed E-state index contributed by atoms with van der Waals surface area (Å²) < 4.78 is 25.3. The van der Waals surface area contributed by atoms with Gasteiger partial charge in [-0.1, -0.05) is 0 Å². The van der Waals surface area contributed by atoms with Crippen molar-refractivity contribution in [1.82, 2.24) is 9.47 Å². The molecule has 0 fully saturated rings. The van der Waals surface area contributed by atoms with Crippen LogP contribution in [0.1, 0.15) is 10.5 Å². The number of carbonyl (C=O) groups is 2. The first kappa shape index (κ1) is 13.1. The van der Waals surface area contributed by atoms with E-state index in [1.807, 2.05) is 0 Å². The van der Waals surface area contributed by atoms with E-state index >= 15 is 0 Å². The number of rotatable bonds is 5. The Morgan fingerprint density at radius 2 is 2.18 bits per heavy atom. The summed E-state index contributed by atoms with van der Waals surface area (Å²) in [5.74, 6) is -1.73. The van der Waals surface area contributed by atoms with Gasteiger partial charge in [-0.3, -0.25) is 4.79 Å². The molecule has 0 saturated heterocycles. The van der Waals surface area contributed by atoms with Crippen LogP contribution in [0.2, 0.25) is 0 Å². The second-order valence-electron chi connectivity index (χ2n) is 3.49. The van der Waals surface area contributed by atoms with E-state index in [2.05, 4.69) is 0 Å². The summed E-state index contributed by atoms with van der Waals surface area (Å²) in [6.45, 7) is -0.930. The predicted molar refractivity (Wildman–Crippen MR) is 55.0 cm³/mol. The Labute approximate surface area is 96.2 Å². The maximum absolute atomic E-state index is 12.0. The maximum Gasteiger partial charge on any atom is 0.352 e. The minimum absolute atomic E-state index is 0.0520. The molecule has 0 aliphatic carbocycles. The third-order valence-corrected chi connectivity index (χ3v) is 2.19. The van der Waals surface area contributed by atoms with E-state index in [9.17, 15) is 18.4 Å². The van der Waals surface area contributed by atoms with E-state index in [-0.39, 0.29) is 12.2 Å². The van der Waals surface area contributed by atoms with Crippen LogP contribution in [0.3, 0.4) is 0 Å². The van der Waals surface area contributed by atoms with Crippen LogP contribution in [-0.2, 0) is 11.3 Å². The summed E-state index contributed by atoms with van der Waals surface area (Å²) >= 11 is 0. The lowest BCUT2D eigenvalue weighted by Crippen LogP contribution is -2.34. The molecular formula is C10H12F2N2O3. The molecule has 1 aromatic heterocycles. The highest BCUT2D eigenvalue weighted by Crippen LogP contribution is 2.04. The summed E-state index contributed by atoms with van der Waals surface area (Å²) in [5, 5.41) is 8.79. The number of hydrogen-bond acceptors (Lipinski definition) is 2. The zero-order valence-corrected chi connectivity index (χ0v) is 9.14. The van der Waals surface area contributed by atoms with Gasteiger partial charge in [-0.2, -0.15) is 0 Å². The van der Waals surface area contributed by atoms with Crippen molar-refractivity contribution in [3.63, 3.8) is 0 Å². The molecule has 5 nitrogen and oxygen atoms in total. The second kappa shape index (κ2) is 5.42. The lowest BCUT2D eigenvalue weighted by atomic mass is 10.4. The third kappa shape index (κ3) is 3.54. The number of halogens is 2. The molecule has 1 heterocycles. The first-order chi connectivity index (χ1) is 7.91. The van der Waals surface area contributed by atoms with Crippen LogP contribution in [0.5, 0.6) is 0 Å². The molecule has 0 aliphatic rings. The molecule has 17 heavy (non-hydrogen) atoms. The Bertz CT molecular complexity index is 417. The molecule has 0 atom stereocenters. The number of hydrogen-bond donors (Lipinski definition) is 1. The van der Waals surface area contributed by atoms with Crippen LogP contribution < -0.4 is 0 Å². The van der Waals surface area contributed by atoms with Crippen LogP contribution in [-0.4, -0.2) is 46.5 Å². The predicted octanol–water partition coefficient (Wildman–Crippen LogP) is 0.910. The summed E-state index contributed by atoms with van der Waals surface area (Å²) in [4.78, 5) is 23.1. The van der Waals surface area contributed by atoms with E-state index in [0.717, 1.165) is 4.90 Å². The summed E-state index contributed by atoms with van der Waals surface area (Å²) in [5.41, 5.74) is -0.0520. The highest BCUT2D eigenvalue weighted by molar-refractivity contribution is 5.86. The highest BCUT2D eigenvalue weighted by atomic mass is 19.3. The normalized spacial score (nSPS) is 10.6. The van der Waals surface area contributed by atoms with Gasteiger partial charge in [-0.15, -0.1) is 0 Å². The minimum Gasteiger partial charge on any atom is -0.477 e. The molecule has 0 aliphatic heterocycles. The molecule has 0 saturated carbocycles. The molecule has 1 rings (SSSR count). The molecule has 0 aromatic carbocycles. The van der Waals surface area contributed by atoms with Crippen LogP contribution in [0.25, 0.3) is 0 Å². The van der Waals surface area contributed by atoms with Gasteiger partial charge in [-0.05, 0) is 12.1 Å². The van der Waals surface area contributed by atoms with E-state index in [1.54, 1.807) is 0 Å². The zero-order chi connectivity index (χ0) is 13.0. The van der Waals surface area contributed by atoms with Gasteiger partial charge in [0.2, 0.25) is 5.91 Å². The van der Waals surface area contributed by atoms with Gasteiger partial charge < -0.3 is 14.6 Å². The molecule has 1 aromatic rings. The summed E-state index contributed by atoms with van der Waals surface area (Å²) in [6, 6.07) is 2.81. The van der Waals surface area contributed by atoms with Crippen LogP contribution in [0.15, 0.2) is 18.3 Å². The molecule has 0 spiro atoms. The summed E-state index contributed by atoms with van der Waals surface area (Å²) in [6.07, 6.45) is -1.19. The van der Waals surface area contributed by atoms with Gasteiger partial charge >= 0.3 is 5.97 Å². The highest BCUT2D eigenvalue weighted by Gasteiger charge is 2.16. The monoisotopic (exact) mass is 246 g/mol. The molecule has 0 bridgehead atoms. The van der Waals surface area contributed by atoms with Crippen molar-refractivity contribution < 1.29 is 23.5 Å². The fourth-order valence-corrected chi connectivity index (χ4v) is 1.32. The first-order valence-corrected chi connectivity index (χ1v) is 4.82. The third-order valence-electron chi connectivity index (χ3n) is 2.19. The lowest BCUT2D eigenvalue weighted by molar-refractivity contribution is -0.132. The number of amides is 1.